The summed E-state index contributed by atoms with van der Waals surface area (Å²) in [7, 11) is 0. The Morgan fingerprint density at radius 1 is 1.07 bits per heavy atom. The van der Waals surface area contributed by atoms with E-state index < -0.39 is 5.91 Å². The maximum atomic E-state index is 12.9. The number of hydrogen-bond donors (Lipinski definition) is 2. The minimum absolute atomic E-state index is 0.0743. The van der Waals surface area contributed by atoms with Gasteiger partial charge in [0.25, 0.3) is 17.7 Å². The molecule has 0 aliphatic carbocycles. The minimum Gasteiger partial charge on any atom is -0.364 e. The second-order valence-electron chi connectivity index (χ2n) is 6.52. The number of pyridine rings is 1. The highest BCUT2D eigenvalue weighted by Gasteiger charge is 2.28. The molecule has 140 valence electrons. The second kappa shape index (κ2) is 8.44. The first kappa shape index (κ1) is 18.6. The quantitative estimate of drug-likeness (QED) is 0.838. The van der Waals surface area contributed by atoms with Crippen molar-refractivity contribution in [1.82, 2.24) is 15.2 Å². The second-order valence-corrected chi connectivity index (χ2v) is 6.52. The van der Waals surface area contributed by atoms with E-state index in [-0.39, 0.29) is 23.6 Å². The van der Waals surface area contributed by atoms with Crippen molar-refractivity contribution in [3.8, 4) is 0 Å². The van der Waals surface area contributed by atoms with Crippen LogP contribution in [0.5, 0.6) is 0 Å². The first-order valence-electron chi connectivity index (χ1n) is 8.96. The van der Waals surface area contributed by atoms with Gasteiger partial charge in [-0.1, -0.05) is 18.2 Å². The van der Waals surface area contributed by atoms with E-state index in [4.69, 9.17) is 5.73 Å². The van der Waals surface area contributed by atoms with Crippen LogP contribution in [-0.4, -0.2) is 46.7 Å². The van der Waals surface area contributed by atoms with Gasteiger partial charge < -0.3 is 16.0 Å². The van der Waals surface area contributed by atoms with Crippen molar-refractivity contribution in [1.29, 1.82) is 0 Å². The van der Waals surface area contributed by atoms with Gasteiger partial charge in [0, 0.05) is 30.9 Å². The first-order chi connectivity index (χ1) is 13.1. The molecule has 3 N–H and O–H groups in total. The average molecular weight is 366 g/mol. The molecule has 0 radical (unpaired) electrons. The number of nitrogens with two attached hydrogens (primary N) is 1. The monoisotopic (exact) mass is 366 g/mol. The fourth-order valence-corrected chi connectivity index (χ4v) is 3.21. The standard InChI is InChI=1S/C20H22N4O3/c21-18(25)17-10-9-15(12-22-17)20(27)24-11-5-4-8-16(24)13-23-19(26)14-6-2-1-3-7-14/h1-3,6-7,9-10,12,16H,4-5,8,11,13H2,(H2,21,25)(H,23,26). The number of carbonyl (C=O) groups excluding carboxylic acids is 3. The summed E-state index contributed by atoms with van der Waals surface area (Å²) in [6.07, 6.45) is 4.13. The number of benzene rings is 1. The van der Waals surface area contributed by atoms with Crippen LogP contribution in [0.1, 0.15) is 50.5 Å². The van der Waals surface area contributed by atoms with Gasteiger partial charge >= 0.3 is 0 Å². The summed E-state index contributed by atoms with van der Waals surface area (Å²) in [6.45, 7) is 1.02. The normalized spacial score (nSPS) is 16.6. The number of aromatic nitrogens is 1. The fraction of sp³-hybridized carbons (Fsp3) is 0.300. The largest absolute Gasteiger partial charge is 0.364 e. The van der Waals surface area contributed by atoms with Gasteiger partial charge in [-0.2, -0.15) is 0 Å². The number of likely N-dealkylation sites (tertiary alicyclic amines) is 1. The molecule has 1 fully saturated rings. The van der Waals surface area contributed by atoms with Crippen LogP contribution < -0.4 is 11.1 Å². The molecule has 1 saturated heterocycles. The minimum atomic E-state index is -0.631. The van der Waals surface area contributed by atoms with Crippen LogP contribution in [-0.2, 0) is 0 Å². The van der Waals surface area contributed by atoms with Gasteiger partial charge in [0.15, 0.2) is 0 Å². The van der Waals surface area contributed by atoms with Crippen molar-refractivity contribution in [3.05, 3.63) is 65.5 Å². The predicted molar refractivity (Wildman–Crippen MR) is 100 cm³/mol. The molecule has 1 aromatic carbocycles. The summed E-state index contributed by atoms with van der Waals surface area (Å²) in [6, 6.07) is 11.9. The third-order valence-electron chi connectivity index (χ3n) is 4.69. The van der Waals surface area contributed by atoms with Crippen LogP contribution in [0.25, 0.3) is 0 Å². The third kappa shape index (κ3) is 4.49. The summed E-state index contributed by atoms with van der Waals surface area (Å²) in [4.78, 5) is 42.0. The van der Waals surface area contributed by atoms with Crippen LogP contribution >= 0.6 is 0 Å². The zero-order chi connectivity index (χ0) is 19.2. The predicted octanol–water partition coefficient (Wildman–Crippen LogP) is 1.61. The van der Waals surface area contributed by atoms with Gasteiger partial charge in [-0.3, -0.25) is 19.4 Å². The Morgan fingerprint density at radius 2 is 1.85 bits per heavy atom. The molecule has 1 aliphatic heterocycles. The molecule has 0 bridgehead atoms. The zero-order valence-electron chi connectivity index (χ0n) is 14.9. The molecule has 7 nitrogen and oxygen atoms in total. The van der Waals surface area contributed by atoms with Crippen LogP contribution in [0.2, 0.25) is 0 Å². The summed E-state index contributed by atoms with van der Waals surface area (Å²) in [5.41, 5.74) is 6.30. The van der Waals surface area contributed by atoms with Crippen molar-refractivity contribution in [2.75, 3.05) is 13.1 Å². The fourth-order valence-electron chi connectivity index (χ4n) is 3.21. The number of primary amides is 1. The van der Waals surface area contributed by atoms with Crippen molar-refractivity contribution in [3.63, 3.8) is 0 Å². The molecule has 0 spiro atoms. The number of nitrogens with one attached hydrogen (secondary N) is 1. The van der Waals surface area contributed by atoms with E-state index in [2.05, 4.69) is 10.3 Å². The SMILES string of the molecule is NC(=O)c1ccc(C(=O)N2CCCCC2CNC(=O)c2ccccc2)cn1. The van der Waals surface area contributed by atoms with Gasteiger partial charge in [-0.15, -0.1) is 0 Å². The highest BCUT2D eigenvalue weighted by atomic mass is 16.2. The van der Waals surface area contributed by atoms with Crippen molar-refractivity contribution in [2.24, 2.45) is 5.73 Å². The molecule has 1 aliphatic rings. The molecular formula is C20H22N4O3. The molecular weight excluding hydrogens is 344 g/mol. The van der Waals surface area contributed by atoms with E-state index in [0.717, 1.165) is 19.3 Å². The Balaban J connectivity index is 1.66. The van der Waals surface area contributed by atoms with Gasteiger partial charge in [0.05, 0.1) is 5.56 Å². The van der Waals surface area contributed by atoms with Gasteiger partial charge in [-0.05, 0) is 43.5 Å². The lowest BCUT2D eigenvalue weighted by Crippen LogP contribution is -2.49. The van der Waals surface area contributed by atoms with Crippen LogP contribution in [0.4, 0.5) is 0 Å². The highest BCUT2D eigenvalue weighted by Crippen LogP contribution is 2.19. The van der Waals surface area contributed by atoms with E-state index in [1.807, 2.05) is 18.2 Å². The lowest BCUT2D eigenvalue weighted by molar-refractivity contribution is 0.0601. The maximum absolute atomic E-state index is 12.9. The van der Waals surface area contributed by atoms with Crippen LogP contribution in [0.3, 0.4) is 0 Å². The van der Waals surface area contributed by atoms with Crippen molar-refractivity contribution >= 4 is 17.7 Å². The number of nitrogens with zero attached hydrogens (tertiary/aromatic N) is 2. The third-order valence-corrected chi connectivity index (χ3v) is 4.69. The highest BCUT2D eigenvalue weighted by molar-refractivity contribution is 5.96. The number of piperidine rings is 1. The van der Waals surface area contributed by atoms with E-state index in [9.17, 15) is 14.4 Å². The number of amides is 3. The van der Waals surface area contributed by atoms with E-state index in [1.54, 1.807) is 23.1 Å². The van der Waals surface area contributed by atoms with E-state index in [1.165, 1.54) is 12.3 Å². The molecule has 2 aromatic rings. The Kier molecular flexibility index (Phi) is 5.80. The lowest BCUT2D eigenvalue weighted by atomic mass is 10.0. The summed E-state index contributed by atoms with van der Waals surface area (Å²) in [5.74, 6) is -0.938. The van der Waals surface area contributed by atoms with Crippen LogP contribution in [0.15, 0.2) is 48.7 Å². The molecule has 3 rings (SSSR count). The smallest absolute Gasteiger partial charge is 0.267 e. The molecule has 1 aromatic heterocycles. The molecule has 1 unspecified atom stereocenters. The summed E-state index contributed by atoms with van der Waals surface area (Å²) in [5, 5.41) is 2.92. The van der Waals surface area contributed by atoms with E-state index in [0.29, 0.717) is 24.2 Å². The lowest BCUT2D eigenvalue weighted by Gasteiger charge is -2.36. The number of hydrogen-bond acceptors (Lipinski definition) is 4. The Labute approximate surface area is 157 Å². The molecule has 0 saturated carbocycles. The number of carbonyl (C=O) groups is 3. The molecule has 2 heterocycles. The molecule has 3 amide bonds. The first-order valence-corrected chi connectivity index (χ1v) is 8.96. The van der Waals surface area contributed by atoms with E-state index >= 15 is 0 Å². The Hall–Kier alpha value is -3.22. The number of rotatable bonds is 5. The molecule has 27 heavy (non-hydrogen) atoms. The summed E-state index contributed by atoms with van der Waals surface area (Å²) >= 11 is 0. The van der Waals surface area contributed by atoms with Gasteiger partial charge in [0.1, 0.15) is 5.69 Å². The topological polar surface area (TPSA) is 105 Å². The zero-order valence-corrected chi connectivity index (χ0v) is 14.9. The maximum Gasteiger partial charge on any atom is 0.267 e. The average Bonchev–Trinajstić information content (AvgIpc) is 2.72. The molecule has 7 heteroatoms. The Morgan fingerprint density at radius 3 is 2.52 bits per heavy atom. The van der Waals surface area contributed by atoms with Crippen molar-refractivity contribution in [2.45, 2.75) is 25.3 Å². The Bertz CT molecular complexity index is 821. The van der Waals surface area contributed by atoms with Crippen LogP contribution in [0, 0.1) is 0 Å². The van der Waals surface area contributed by atoms with Gasteiger partial charge in [-0.25, -0.2) is 0 Å². The van der Waals surface area contributed by atoms with Gasteiger partial charge in [0.2, 0.25) is 0 Å². The summed E-state index contributed by atoms with van der Waals surface area (Å²) < 4.78 is 0. The molecule has 1 atom stereocenters. The van der Waals surface area contributed by atoms with Crippen molar-refractivity contribution < 1.29 is 14.4 Å².